The number of hydrogen-bond acceptors (Lipinski definition) is 5. The van der Waals surface area contributed by atoms with Crippen molar-refractivity contribution < 1.29 is 23.9 Å². The first-order valence-corrected chi connectivity index (χ1v) is 10.7. The Kier molecular flexibility index (Phi) is 9.52. The van der Waals surface area contributed by atoms with Crippen LogP contribution in [-0.4, -0.2) is 37.2 Å². The molecular weight excluding hydrogens is 464 g/mol. The molecule has 0 aromatic heterocycles. The molecule has 0 radical (unpaired) electrons. The van der Waals surface area contributed by atoms with E-state index in [-0.39, 0.29) is 18.9 Å². The van der Waals surface area contributed by atoms with Gasteiger partial charge < -0.3 is 20.1 Å². The van der Waals surface area contributed by atoms with Crippen molar-refractivity contribution in [3.8, 4) is 0 Å². The van der Waals surface area contributed by atoms with Gasteiger partial charge in [0.25, 0.3) is 0 Å². The molecule has 2 aromatic rings. The molecule has 0 spiro atoms. The van der Waals surface area contributed by atoms with Crippen LogP contribution in [0.3, 0.4) is 0 Å². The first-order chi connectivity index (χ1) is 14.8. The average molecular weight is 491 g/mol. The highest BCUT2D eigenvalue weighted by molar-refractivity contribution is 9.10. The number of nitrogens with one attached hydrogen (secondary N) is 2. The van der Waals surface area contributed by atoms with E-state index >= 15 is 0 Å². The SMILES string of the molecule is COC(=O)[C@@H](Cc1cccc(Br)c1)NC(=O)[C@@H](NC(=O)OCc1ccccc1)C(C)C. The molecule has 0 aliphatic heterocycles. The minimum atomic E-state index is -0.893. The molecule has 0 aliphatic rings. The minimum Gasteiger partial charge on any atom is -0.467 e. The summed E-state index contributed by atoms with van der Waals surface area (Å²) in [7, 11) is 1.27. The lowest BCUT2D eigenvalue weighted by Crippen LogP contribution is -2.54. The second-order valence-corrected chi connectivity index (χ2v) is 8.26. The fourth-order valence-electron chi connectivity index (χ4n) is 2.92. The summed E-state index contributed by atoms with van der Waals surface area (Å²) in [5, 5.41) is 5.29. The van der Waals surface area contributed by atoms with Crippen molar-refractivity contribution in [1.82, 2.24) is 10.6 Å². The van der Waals surface area contributed by atoms with E-state index in [4.69, 9.17) is 9.47 Å². The molecule has 0 heterocycles. The maximum absolute atomic E-state index is 12.9. The Morgan fingerprint density at radius 1 is 0.968 bits per heavy atom. The standard InChI is InChI=1S/C23H27BrN2O5/c1-15(2)20(26-23(29)31-14-16-8-5-4-6-9-16)21(27)25-19(22(28)30-3)13-17-10-7-11-18(24)12-17/h4-12,15,19-20H,13-14H2,1-3H3,(H,25,27)(H,26,29)/t19-,20+/m1/s1. The van der Waals surface area contributed by atoms with Crippen LogP contribution < -0.4 is 10.6 Å². The van der Waals surface area contributed by atoms with E-state index in [2.05, 4.69) is 26.6 Å². The van der Waals surface area contributed by atoms with Crippen LogP contribution in [-0.2, 0) is 32.1 Å². The van der Waals surface area contributed by atoms with E-state index in [1.54, 1.807) is 13.8 Å². The highest BCUT2D eigenvalue weighted by Crippen LogP contribution is 2.14. The predicted molar refractivity (Wildman–Crippen MR) is 120 cm³/mol. The summed E-state index contributed by atoms with van der Waals surface area (Å²) in [5.74, 6) is -1.28. The second kappa shape index (κ2) is 12.1. The summed E-state index contributed by atoms with van der Waals surface area (Å²) in [6.45, 7) is 3.68. The summed E-state index contributed by atoms with van der Waals surface area (Å²) in [4.78, 5) is 37.4. The molecule has 166 valence electrons. The number of benzene rings is 2. The maximum Gasteiger partial charge on any atom is 0.408 e. The molecule has 0 bridgehead atoms. The molecule has 8 heteroatoms. The van der Waals surface area contributed by atoms with Crippen LogP contribution in [0, 0.1) is 5.92 Å². The van der Waals surface area contributed by atoms with Gasteiger partial charge in [-0.3, -0.25) is 4.79 Å². The Morgan fingerprint density at radius 2 is 1.65 bits per heavy atom. The Bertz CT molecular complexity index is 889. The van der Waals surface area contributed by atoms with Crippen LogP contribution in [0.15, 0.2) is 59.1 Å². The van der Waals surface area contributed by atoms with E-state index in [1.165, 1.54) is 7.11 Å². The zero-order chi connectivity index (χ0) is 22.8. The molecule has 2 rings (SSSR count). The van der Waals surface area contributed by atoms with Gasteiger partial charge in [-0.2, -0.15) is 0 Å². The third-order valence-corrected chi connectivity index (χ3v) is 5.06. The van der Waals surface area contributed by atoms with Crippen molar-refractivity contribution in [3.63, 3.8) is 0 Å². The second-order valence-electron chi connectivity index (χ2n) is 7.35. The Morgan fingerprint density at radius 3 is 2.26 bits per heavy atom. The summed E-state index contributed by atoms with van der Waals surface area (Å²) < 4.78 is 10.9. The molecule has 0 unspecified atom stereocenters. The number of carbonyl (C=O) groups is 3. The zero-order valence-electron chi connectivity index (χ0n) is 17.8. The molecule has 0 fully saturated rings. The van der Waals surface area contributed by atoms with E-state index in [0.717, 1.165) is 15.6 Å². The topological polar surface area (TPSA) is 93.7 Å². The molecule has 2 amide bonds. The van der Waals surface area contributed by atoms with Gasteiger partial charge in [-0.25, -0.2) is 9.59 Å². The Labute approximate surface area is 190 Å². The maximum atomic E-state index is 12.9. The van der Waals surface area contributed by atoms with Crippen LogP contribution in [0.25, 0.3) is 0 Å². The summed E-state index contributed by atoms with van der Waals surface area (Å²) >= 11 is 3.39. The molecule has 2 N–H and O–H groups in total. The normalized spacial score (nSPS) is 12.5. The smallest absolute Gasteiger partial charge is 0.408 e. The number of halogens is 1. The first kappa shape index (κ1) is 24.4. The number of alkyl carbamates (subject to hydrolysis) is 1. The lowest BCUT2D eigenvalue weighted by molar-refractivity contribution is -0.145. The molecule has 7 nitrogen and oxygen atoms in total. The van der Waals surface area contributed by atoms with Crippen LogP contribution in [0.2, 0.25) is 0 Å². The van der Waals surface area contributed by atoms with Crippen molar-refractivity contribution in [2.24, 2.45) is 5.92 Å². The van der Waals surface area contributed by atoms with Crippen LogP contribution in [0.1, 0.15) is 25.0 Å². The van der Waals surface area contributed by atoms with Gasteiger partial charge in [-0.15, -0.1) is 0 Å². The average Bonchev–Trinajstić information content (AvgIpc) is 2.75. The van der Waals surface area contributed by atoms with E-state index in [1.807, 2.05) is 54.6 Å². The van der Waals surface area contributed by atoms with Gasteiger partial charge in [-0.05, 0) is 29.2 Å². The summed E-state index contributed by atoms with van der Waals surface area (Å²) in [6, 6.07) is 14.9. The molecular formula is C23H27BrN2O5. The zero-order valence-corrected chi connectivity index (χ0v) is 19.3. The highest BCUT2D eigenvalue weighted by atomic mass is 79.9. The lowest BCUT2D eigenvalue weighted by atomic mass is 10.0. The number of amides is 2. The van der Waals surface area contributed by atoms with Crippen LogP contribution in [0.5, 0.6) is 0 Å². The van der Waals surface area contributed by atoms with E-state index < -0.39 is 30.1 Å². The lowest BCUT2D eigenvalue weighted by Gasteiger charge is -2.24. The molecule has 0 saturated heterocycles. The molecule has 2 aromatic carbocycles. The monoisotopic (exact) mass is 490 g/mol. The van der Waals surface area contributed by atoms with Crippen molar-refractivity contribution in [1.29, 1.82) is 0 Å². The number of ether oxygens (including phenoxy) is 2. The Hall–Kier alpha value is -2.87. The molecule has 0 saturated carbocycles. The van der Waals surface area contributed by atoms with Gasteiger partial charge in [0.1, 0.15) is 18.7 Å². The molecule has 31 heavy (non-hydrogen) atoms. The van der Waals surface area contributed by atoms with Crippen LogP contribution in [0.4, 0.5) is 4.79 Å². The minimum absolute atomic E-state index is 0.0901. The van der Waals surface area contributed by atoms with Gasteiger partial charge in [0.15, 0.2) is 0 Å². The predicted octanol–water partition coefficient (Wildman–Crippen LogP) is 3.60. The summed E-state index contributed by atoms with van der Waals surface area (Å²) in [6.07, 6.45) is -0.458. The van der Waals surface area contributed by atoms with Crippen molar-refractivity contribution in [2.75, 3.05) is 7.11 Å². The number of carbonyl (C=O) groups excluding carboxylic acids is 3. The summed E-state index contributed by atoms with van der Waals surface area (Å²) in [5.41, 5.74) is 1.68. The number of esters is 1. The van der Waals surface area contributed by atoms with Gasteiger partial charge in [-0.1, -0.05) is 72.2 Å². The van der Waals surface area contributed by atoms with Gasteiger partial charge in [0.2, 0.25) is 5.91 Å². The Balaban J connectivity index is 2.02. The molecule has 0 aliphatic carbocycles. The molecule has 2 atom stereocenters. The van der Waals surface area contributed by atoms with Crippen molar-refractivity contribution >= 4 is 33.9 Å². The fourth-order valence-corrected chi connectivity index (χ4v) is 3.37. The van der Waals surface area contributed by atoms with E-state index in [9.17, 15) is 14.4 Å². The van der Waals surface area contributed by atoms with Gasteiger partial charge in [0, 0.05) is 10.9 Å². The number of methoxy groups -OCH3 is 1. The number of hydrogen-bond donors (Lipinski definition) is 2. The van der Waals surface area contributed by atoms with Crippen molar-refractivity contribution in [3.05, 3.63) is 70.2 Å². The van der Waals surface area contributed by atoms with Gasteiger partial charge in [0.05, 0.1) is 7.11 Å². The van der Waals surface area contributed by atoms with Crippen molar-refractivity contribution in [2.45, 2.75) is 39.0 Å². The van der Waals surface area contributed by atoms with Gasteiger partial charge >= 0.3 is 12.1 Å². The third-order valence-electron chi connectivity index (χ3n) is 4.57. The highest BCUT2D eigenvalue weighted by Gasteiger charge is 2.29. The third kappa shape index (κ3) is 8.05. The fraction of sp³-hybridized carbons (Fsp3) is 0.348. The van der Waals surface area contributed by atoms with E-state index in [0.29, 0.717) is 0 Å². The quantitative estimate of drug-likeness (QED) is 0.523. The van der Waals surface area contributed by atoms with Crippen LogP contribution >= 0.6 is 15.9 Å². The number of rotatable bonds is 9. The largest absolute Gasteiger partial charge is 0.467 e. The first-order valence-electron chi connectivity index (χ1n) is 9.90.